The summed E-state index contributed by atoms with van der Waals surface area (Å²) in [4.78, 5) is 1.33. The fourth-order valence-corrected chi connectivity index (χ4v) is 6.98. The third-order valence-electron chi connectivity index (χ3n) is 8.20. The summed E-state index contributed by atoms with van der Waals surface area (Å²) >= 11 is 8.84. The van der Waals surface area contributed by atoms with Crippen molar-refractivity contribution in [1.82, 2.24) is 0 Å². The minimum Gasteiger partial charge on any atom is -0.379 e. The topological polar surface area (TPSA) is 46.2 Å². The van der Waals surface area contributed by atoms with E-state index in [4.69, 9.17) is 35.3 Å². The van der Waals surface area contributed by atoms with E-state index in [2.05, 4.69) is 70.2 Å². The molecule has 4 rings (SSSR count). The maximum absolute atomic E-state index is 6.99. The first kappa shape index (κ1) is 35.3. The van der Waals surface area contributed by atoms with Crippen molar-refractivity contribution in [3.05, 3.63) is 69.6 Å². The molecule has 0 unspecified atom stereocenters. The van der Waals surface area contributed by atoms with Gasteiger partial charge >= 0.3 is 0 Å². The van der Waals surface area contributed by atoms with Crippen LogP contribution in [0.15, 0.2) is 48.5 Å². The second-order valence-corrected chi connectivity index (χ2v) is 13.4. The lowest BCUT2D eigenvalue weighted by molar-refractivity contribution is -0.268. The molecule has 1 fully saturated rings. The fourth-order valence-electron chi connectivity index (χ4n) is 5.66. The normalized spacial score (nSPS) is 22.2. The summed E-state index contributed by atoms with van der Waals surface area (Å²) in [7, 11) is 0. The lowest BCUT2D eigenvalue weighted by Crippen LogP contribution is -2.58. The highest BCUT2D eigenvalue weighted by Crippen LogP contribution is 2.41. The number of fused-ring (bicyclic) bond motifs is 1. The van der Waals surface area contributed by atoms with Gasteiger partial charge in [-0.25, -0.2) is 0 Å². The molecule has 0 spiro atoms. The number of benzene rings is 2. The van der Waals surface area contributed by atoms with Gasteiger partial charge in [0.2, 0.25) is 0 Å². The molecule has 0 aliphatic carbocycles. The molecule has 5 atom stereocenters. The SMILES string of the molecule is CCCCOC[C@H]1O[C@@H](c2cc(Cc3cc4ccccc4s3)ccc2Cl)[C@H](OCCCC)[C@@H](OCCCC)[C@@H]1OCCCC. The smallest absolute Gasteiger partial charge is 0.117 e. The van der Waals surface area contributed by atoms with Crippen molar-refractivity contribution in [3.8, 4) is 0 Å². The van der Waals surface area contributed by atoms with E-state index in [0.29, 0.717) is 38.1 Å². The summed E-state index contributed by atoms with van der Waals surface area (Å²) in [5, 5.41) is 1.97. The summed E-state index contributed by atoms with van der Waals surface area (Å²) in [6.07, 6.45) is 7.41. The van der Waals surface area contributed by atoms with Crippen LogP contribution in [0.2, 0.25) is 5.02 Å². The van der Waals surface area contributed by atoms with Crippen LogP contribution in [0.1, 0.15) is 101 Å². The zero-order valence-electron chi connectivity index (χ0n) is 27.2. The predicted octanol–water partition coefficient (Wildman–Crippen LogP) is 9.96. The predicted molar refractivity (Wildman–Crippen MR) is 183 cm³/mol. The molecule has 7 heteroatoms. The van der Waals surface area contributed by atoms with E-state index in [1.165, 1.54) is 20.5 Å². The van der Waals surface area contributed by atoms with Gasteiger partial charge in [-0.2, -0.15) is 0 Å². The number of unbranched alkanes of at least 4 members (excludes halogenated alkanes) is 4. The first-order chi connectivity index (χ1) is 21.6. The number of halogens is 1. The number of hydrogen-bond acceptors (Lipinski definition) is 6. The highest BCUT2D eigenvalue weighted by molar-refractivity contribution is 7.19. The largest absolute Gasteiger partial charge is 0.379 e. The van der Waals surface area contributed by atoms with Gasteiger partial charge in [0.25, 0.3) is 0 Å². The Morgan fingerprint density at radius 1 is 0.727 bits per heavy atom. The van der Waals surface area contributed by atoms with Crippen LogP contribution in [0.3, 0.4) is 0 Å². The molecular weight excluding hydrogens is 592 g/mol. The Morgan fingerprint density at radius 3 is 2.05 bits per heavy atom. The molecule has 0 N–H and O–H groups in total. The summed E-state index contributed by atoms with van der Waals surface area (Å²) < 4.78 is 34.4. The molecule has 1 aliphatic heterocycles. The third-order valence-corrected chi connectivity index (χ3v) is 9.66. The Kier molecular flexibility index (Phi) is 15.4. The molecular formula is C37H53ClO5S. The van der Waals surface area contributed by atoms with Gasteiger partial charge < -0.3 is 23.7 Å². The molecule has 2 aromatic carbocycles. The summed E-state index contributed by atoms with van der Waals surface area (Å²) in [5.41, 5.74) is 2.15. The second kappa shape index (κ2) is 19.2. The van der Waals surface area contributed by atoms with Crippen LogP contribution in [0.4, 0.5) is 0 Å². The van der Waals surface area contributed by atoms with E-state index in [0.717, 1.165) is 63.4 Å². The lowest BCUT2D eigenvalue weighted by atomic mass is 9.89. The van der Waals surface area contributed by atoms with Gasteiger partial charge in [0.05, 0.1) is 6.61 Å². The van der Waals surface area contributed by atoms with Crippen molar-refractivity contribution in [2.45, 2.75) is 116 Å². The van der Waals surface area contributed by atoms with E-state index in [1.54, 1.807) is 0 Å². The zero-order valence-corrected chi connectivity index (χ0v) is 28.8. The van der Waals surface area contributed by atoms with Crippen LogP contribution in [-0.4, -0.2) is 57.5 Å². The Bertz CT molecular complexity index is 1200. The Balaban J connectivity index is 1.68. The molecule has 0 bridgehead atoms. The minimum atomic E-state index is -0.404. The molecule has 244 valence electrons. The van der Waals surface area contributed by atoms with Gasteiger partial charge in [0.1, 0.15) is 30.5 Å². The van der Waals surface area contributed by atoms with E-state index >= 15 is 0 Å². The van der Waals surface area contributed by atoms with E-state index in [-0.39, 0.29) is 24.4 Å². The second-order valence-electron chi connectivity index (χ2n) is 11.9. The third kappa shape index (κ3) is 9.99. The van der Waals surface area contributed by atoms with Gasteiger partial charge in [-0.15, -0.1) is 11.3 Å². The maximum atomic E-state index is 6.99. The first-order valence-electron chi connectivity index (χ1n) is 16.9. The van der Waals surface area contributed by atoms with Gasteiger partial charge in [-0.05, 0) is 54.8 Å². The van der Waals surface area contributed by atoms with Crippen LogP contribution in [0, 0.1) is 0 Å². The minimum absolute atomic E-state index is 0.289. The molecule has 5 nitrogen and oxygen atoms in total. The summed E-state index contributed by atoms with van der Waals surface area (Å²) in [6.45, 7) is 11.8. The Hall–Kier alpha value is -1.51. The highest BCUT2D eigenvalue weighted by atomic mass is 35.5. The average Bonchev–Trinajstić information content (AvgIpc) is 3.44. The molecule has 1 aliphatic rings. The number of ether oxygens (including phenoxy) is 5. The fraction of sp³-hybridized carbons (Fsp3) is 0.622. The van der Waals surface area contributed by atoms with Crippen molar-refractivity contribution in [3.63, 3.8) is 0 Å². The Morgan fingerprint density at radius 2 is 1.36 bits per heavy atom. The van der Waals surface area contributed by atoms with E-state index in [9.17, 15) is 0 Å². The van der Waals surface area contributed by atoms with Crippen molar-refractivity contribution >= 4 is 33.0 Å². The summed E-state index contributed by atoms with van der Waals surface area (Å²) in [6, 6.07) is 17.2. The van der Waals surface area contributed by atoms with Gasteiger partial charge in [0, 0.05) is 53.0 Å². The van der Waals surface area contributed by atoms with E-state index in [1.807, 2.05) is 17.4 Å². The van der Waals surface area contributed by atoms with Gasteiger partial charge in [-0.3, -0.25) is 0 Å². The van der Waals surface area contributed by atoms with Gasteiger partial charge in [-0.1, -0.05) is 95.3 Å². The standard InChI is InChI=1S/C37H53ClO5S/c1-5-9-19-39-26-32-35(40-20-10-6-2)37(42-22-12-8-4)36(41-21-11-7-3)34(43-32)30-24-27(17-18-31(30)38)23-29-25-28-15-13-14-16-33(28)44-29/h13-18,24-25,32,34-37H,5-12,19-23,26H2,1-4H3/t32-,34+,35-,36+,37+/m1/s1. The monoisotopic (exact) mass is 644 g/mol. The zero-order chi connectivity index (χ0) is 31.1. The molecule has 3 aromatic rings. The highest BCUT2D eigenvalue weighted by Gasteiger charge is 2.49. The molecule has 0 radical (unpaired) electrons. The Labute approximate surface area is 274 Å². The summed E-state index contributed by atoms with van der Waals surface area (Å²) in [5.74, 6) is 0. The average molecular weight is 645 g/mol. The molecule has 1 aromatic heterocycles. The lowest BCUT2D eigenvalue weighted by Gasteiger charge is -2.46. The van der Waals surface area contributed by atoms with Crippen molar-refractivity contribution in [1.29, 1.82) is 0 Å². The number of hydrogen-bond donors (Lipinski definition) is 0. The van der Waals surface area contributed by atoms with Crippen LogP contribution >= 0.6 is 22.9 Å². The van der Waals surface area contributed by atoms with Crippen molar-refractivity contribution < 1.29 is 23.7 Å². The molecule has 0 saturated carbocycles. The van der Waals surface area contributed by atoms with Crippen LogP contribution in [-0.2, 0) is 30.1 Å². The van der Waals surface area contributed by atoms with Crippen LogP contribution in [0.5, 0.6) is 0 Å². The molecule has 0 amide bonds. The molecule has 2 heterocycles. The van der Waals surface area contributed by atoms with Crippen LogP contribution in [0.25, 0.3) is 10.1 Å². The van der Waals surface area contributed by atoms with Crippen molar-refractivity contribution in [2.75, 3.05) is 33.0 Å². The van der Waals surface area contributed by atoms with Crippen molar-refractivity contribution in [2.24, 2.45) is 0 Å². The maximum Gasteiger partial charge on any atom is 0.117 e. The quantitative estimate of drug-likeness (QED) is 0.115. The number of thiophene rings is 1. The molecule has 44 heavy (non-hydrogen) atoms. The molecule has 1 saturated heterocycles. The van der Waals surface area contributed by atoms with Gasteiger partial charge in [0.15, 0.2) is 0 Å². The van der Waals surface area contributed by atoms with Crippen LogP contribution < -0.4 is 0 Å². The number of rotatable bonds is 20. The van der Waals surface area contributed by atoms with E-state index < -0.39 is 6.10 Å². The first-order valence-corrected chi connectivity index (χ1v) is 18.1.